The molecule has 0 amide bonds. The average molecular weight is 175 g/mol. The zero-order valence-electron chi connectivity index (χ0n) is 7.46. The maximum atomic E-state index is 4.10. The third-order valence-corrected chi connectivity index (χ3v) is 2.12. The van der Waals surface area contributed by atoms with Crippen LogP contribution in [0.2, 0.25) is 0 Å². The van der Waals surface area contributed by atoms with Crippen molar-refractivity contribution in [3.05, 3.63) is 44.4 Å². The molecule has 2 aromatic heterocycles. The summed E-state index contributed by atoms with van der Waals surface area (Å²) in [6, 6.07) is 0. The van der Waals surface area contributed by atoms with Gasteiger partial charge in [-0.05, 0) is 13.8 Å². The van der Waals surface area contributed by atoms with E-state index in [1.165, 1.54) is 0 Å². The van der Waals surface area contributed by atoms with Crippen molar-refractivity contribution in [2.45, 2.75) is 12.6 Å². The van der Waals surface area contributed by atoms with Crippen LogP contribution in [0.4, 0.5) is 0 Å². The van der Waals surface area contributed by atoms with Crippen molar-refractivity contribution < 1.29 is 0 Å². The second kappa shape index (κ2) is 2.73. The number of rotatable bonds is 2. The first-order chi connectivity index (χ1) is 6.21. The first-order valence-corrected chi connectivity index (χ1v) is 4.03. The maximum Gasteiger partial charge on any atom is 0.120 e. The molecule has 2 rings (SSSR count). The molecule has 0 spiro atoms. The van der Waals surface area contributed by atoms with E-state index >= 15 is 0 Å². The molecule has 0 aliphatic rings. The van der Waals surface area contributed by atoms with E-state index in [2.05, 4.69) is 16.9 Å². The van der Waals surface area contributed by atoms with Crippen molar-refractivity contribution in [1.82, 2.24) is 19.1 Å². The van der Waals surface area contributed by atoms with E-state index in [0.29, 0.717) is 0 Å². The fourth-order valence-corrected chi connectivity index (χ4v) is 1.22. The highest BCUT2D eigenvalue weighted by Gasteiger charge is 2.20. The molecular formula is C9H11N4. The molecule has 0 atom stereocenters. The van der Waals surface area contributed by atoms with Gasteiger partial charge in [-0.1, -0.05) is 0 Å². The van der Waals surface area contributed by atoms with Crippen LogP contribution in [0.5, 0.6) is 0 Å². The third-order valence-electron chi connectivity index (χ3n) is 2.12. The summed E-state index contributed by atoms with van der Waals surface area (Å²) in [7, 11) is 0. The lowest BCUT2D eigenvalue weighted by atomic mass is 10.2. The predicted octanol–water partition coefficient (Wildman–Crippen LogP) is 1.13. The van der Waals surface area contributed by atoms with E-state index in [0.717, 1.165) is 0 Å². The van der Waals surface area contributed by atoms with Crippen molar-refractivity contribution in [2.24, 2.45) is 0 Å². The summed E-state index contributed by atoms with van der Waals surface area (Å²) < 4.78 is 3.85. The Morgan fingerprint density at radius 3 is 1.85 bits per heavy atom. The molecule has 67 valence electrons. The molecule has 0 saturated heterocycles. The van der Waals surface area contributed by atoms with Crippen LogP contribution in [-0.2, 0) is 5.66 Å². The van der Waals surface area contributed by atoms with Gasteiger partial charge in [0, 0.05) is 24.8 Å². The summed E-state index contributed by atoms with van der Waals surface area (Å²) >= 11 is 0. The maximum absolute atomic E-state index is 4.10. The molecule has 2 heterocycles. The molecule has 0 fully saturated rings. The molecule has 4 heteroatoms. The van der Waals surface area contributed by atoms with E-state index < -0.39 is 5.66 Å². The Labute approximate surface area is 76.9 Å². The van der Waals surface area contributed by atoms with Gasteiger partial charge in [-0.3, -0.25) is 0 Å². The zero-order valence-corrected chi connectivity index (χ0v) is 7.46. The minimum Gasteiger partial charge on any atom is -0.314 e. The zero-order chi connectivity index (χ0) is 9.31. The van der Waals surface area contributed by atoms with Crippen LogP contribution in [0.3, 0.4) is 0 Å². The Hall–Kier alpha value is -1.58. The standard InChI is InChI=1S/C9H11N4/c1-9(2,12-5-3-10-7-12)13-6-4-11-8-13/h3-8H,1H2,2H3. The van der Waals surface area contributed by atoms with Crippen molar-refractivity contribution in [1.29, 1.82) is 0 Å². The van der Waals surface area contributed by atoms with Gasteiger partial charge in [-0.2, -0.15) is 0 Å². The van der Waals surface area contributed by atoms with Crippen LogP contribution in [-0.4, -0.2) is 19.1 Å². The van der Waals surface area contributed by atoms with Gasteiger partial charge in [-0.25, -0.2) is 9.97 Å². The quantitative estimate of drug-likeness (QED) is 0.686. The van der Waals surface area contributed by atoms with Gasteiger partial charge in [-0.15, -0.1) is 0 Å². The van der Waals surface area contributed by atoms with E-state index in [4.69, 9.17) is 0 Å². The Kier molecular flexibility index (Phi) is 1.69. The van der Waals surface area contributed by atoms with Crippen LogP contribution >= 0.6 is 0 Å². The summed E-state index contributed by atoms with van der Waals surface area (Å²) in [4.78, 5) is 7.98. The topological polar surface area (TPSA) is 35.6 Å². The van der Waals surface area contributed by atoms with Crippen LogP contribution in [0, 0.1) is 6.92 Å². The second-order valence-electron chi connectivity index (χ2n) is 3.16. The van der Waals surface area contributed by atoms with Crippen LogP contribution in [0.25, 0.3) is 0 Å². The second-order valence-corrected chi connectivity index (χ2v) is 3.16. The van der Waals surface area contributed by atoms with Gasteiger partial charge in [0.15, 0.2) is 0 Å². The van der Waals surface area contributed by atoms with E-state index in [9.17, 15) is 0 Å². The Morgan fingerprint density at radius 2 is 1.54 bits per heavy atom. The lowest BCUT2D eigenvalue weighted by Gasteiger charge is -2.27. The number of aromatic nitrogens is 4. The molecule has 2 aromatic rings. The number of imidazole rings is 2. The minimum absolute atomic E-state index is 0.396. The van der Waals surface area contributed by atoms with Gasteiger partial charge < -0.3 is 9.13 Å². The van der Waals surface area contributed by atoms with Gasteiger partial charge in [0.25, 0.3) is 0 Å². The van der Waals surface area contributed by atoms with E-state index in [1.807, 2.05) is 28.5 Å². The highest BCUT2D eigenvalue weighted by atomic mass is 15.3. The molecule has 0 N–H and O–H groups in total. The molecule has 0 unspecified atom stereocenters. The molecule has 13 heavy (non-hydrogen) atoms. The molecule has 4 nitrogen and oxygen atoms in total. The number of nitrogens with zero attached hydrogens (tertiary/aromatic N) is 4. The van der Waals surface area contributed by atoms with Crippen molar-refractivity contribution >= 4 is 0 Å². The lowest BCUT2D eigenvalue weighted by molar-refractivity contribution is 0.335. The summed E-state index contributed by atoms with van der Waals surface area (Å²) in [5, 5.41) is 0. The fraction of sp³-hybridized carbons (Fsp3) is 0.222. The van der Waals surface area contributed by atoms with Gasteiger partial charge >= 0.3 is 0 Å². The first kappa shape index (κ1) is 8.04. The summed E-state index contributed by atoms with van der Waals surface area (Å²) in [6.45, 7) is 6.10. The molecule has 0 bridgehead atoms. The normalized spacial score (nSPS) is 11.8. The highest BCUT2D eigenvalue weighted by molar-refractivity contribution is 4.95. The van der Waals surface area contributed by atoms with Crippen molar-refractivity contribution in [3.8, 4) is 0 Å². The van der Waals surface area contributed by atoms with Crippen molar-refractivity contribution in [2.75, 3.05) is 0 Å². The third kappa shape index (κ3) is 1.24. The molecule has 1 radical (unpaired) electrons. The van der Waals surface area contributed by atoms with Crippen LogP contribution in [0.15, 0.2) is 37.4 Å². The molecule has 0 aromatic carbocycles. The van der Waals surface area contributed by atoms with E-state index in [-0.39, 0.29) is 0 Å². The number of hydrogen-bond donors (Lipinski definition) is 0. The van der Waals surface area contributed by atoms with Gasteiger partial charge in [0.05, 0.1) is 12.7 Å². The molecule has 0 saturated carbocycles. The Morgan fingerprint density at radius 1 is 1.08 bits per heavy atom. The Balaban J connectivity index is 2.42. The summed E-state index contributed by atoms with van der Waals surface area (Å²) in [5.74, 6) is 0. The van der Waals surface area contributed by atoms with Crippen LogP contribution in [0.1, 0.15) is 6.92 Å². The largest absolute Gasteiger partial charge is 0.314 e. The monoisotopic (exact) mass is 175 g/mol. The van der Waals surface area contributed by atoms with Gasteiger partial charge in [0.1, 0.15) is 5.66 Å². The molecular weight excluding hydrogens is 164 g/mol. The van der Waals surface area contributed by atoms with Crippen LogP contribution < -0.4 is 0 Å². The van der Waals surface area contributed by atoms with Gasteiger partial charge in [0.2, 0.25) is 0 Å². The predicted molar refractivity (Wildman–Crippen MR) is 48.9 cm³/mol. The average Bonchev–Trinajstić information content (AvgIpc) is 2.78. The van der Waals surface area contributed by atoms with E-state index in [1.54, 1.807) is 25.0 Å². The molecule has 0 aliphatic heterocycles. The molecule has 0 aliphatic carbocycles. The minimum atomic E-state index is -0.396. The number of hydrogen-bond acceptors (Lipinski definition) is 2. The smallest absolute Gasteiger partial charge is 0.120 e. The van der Waals surface area contributed by atoms with Crippen molar-refractivity contribution in [3.63, 3.8) is 0 Å². The SMILES string of the molecule is [CH2]C(C)(n1ccnc1)n1ccnc1. The first-order valence-electron chi connectivity index (χ1n) is 4.03. The Bertz CT molecular complexity index is 322. The summed E-state index contributed by atoms with van der Waals surface area (Å²) in [6.07, 6.45) is 10.7. The lowest BCUT2D eigenvalue weighted by Crippen LogP contribution is -2.33. The fourth-order valence-electron chi connectivity index (χ4n) is 1.22. The summed E-state index contributed by atoms with van der Waals surface area (Å²) in [5.41, 5.74) is -0.396. The highest BCUT2D eigenvalue weighted by Crippen LogP contribution is 2.15.